The van der Waals surface area contributed by atoms with Crippen molar-refractivity contribution in [3.05, 3.63) is 42.0 Å². The standard InChI is InChI=1S/C18H22O4/c1-20-16-10-8-14(12-17(16)21-2)9-11-18(19)22-13-15-6-4-3-5-7-15/h3-4,8-12,15H,5-7,13H2,1-2H3. The second-order valence-corrected chi connectivity index (χ2v) is 5.23. The molecule has 22 heavy (non-hydrogen) atoms. The molecule has 0 saturated carbocycles. The average Bonchev–Trinajstić information content (AvgIpc) is 2.58. The summed E-state index contributed by atoms with van der Waals surface area (Å²) in [6.45, 7) is 0.486. The van der Waals surface area contributed by atoms with Crippen molar-refractivity contribution in [1.82, 2.24) is 0 Å². The largest absolute Gasteiger partial charge is 0.493 e. The van der Waals surface area contributed by atoms with E-state index in [0.29, 0.717) is 24.0 Å². The zero-order valence-corrected chi connectivity index (χ0v) is 13.1. The Kier molecular flexibility index (Phi) is 6.07. The molecule has 1 aromatic carbocycles. The van der Waals surface area contributed by atoms with Gasteiger partial charge in [0.25, 0.3) is 0 Å². The van der Waals surface area contributed by atoms with Crippen molar-refractivity contribution < 1.29 is 19.0 Å². The number of carbonyl (C=O) groups is 1. The van der Waals surface area contributed by atoms with Gasteiger partial charge in [0.1, 0.15) is 0 Å². The Bertz CT molecular complexity index is 560. The zero-order valence-electron chi connectivity index (χ0n) is 13.1. The highest BCUT2D eigenvalue weighted by Crippen LogP contribution is 2.28. The third-order valence-electron chi connectivity index (χ3n) is 3.66. The van der Waals surface area contributed by atoms with Crippen molar-refractivity contribution in [3.8, 4) is 11.5 Å². The fourth-order valence-corrected chi connectivity index (χ4v) is 2.38. The van der Waals surface area contributed by atoms with Gasteiger partial charge in [0.2, 0.25) is 0 Å². The van der Waals surface area contributed by atoms with Crippen LogP contribution in [0.5, 0.6) is 11.5 Å². The second-order valence-electron chi connectivity index (χ2n) is 5.23. The minimum atomic E-state index is -0.315. The van der Waals surface area contributed by atoms with Gasteiger partial charge in [-0.2, -0.15) is 0 Å². The van der Waals surface area contributed by atoms with E-state index in [1.165, 1.54) is 6.08 Å². The molecule has 0 N–H and O–H groups in total. The quantitative estimate of drug-likeness (QED) is 0.457. The van der Waals surface area contributed by atoms with Crippen molar-refractivity contribution in [1.29, 1.82) is 0 Å². The second kappa shape index (κ2) is 8.27. The summed E-state index contributed by atoms with van der Waals surface area (Å²) in [6, 6.07) is 5.48. The van der Waals surface area contributed by atoms with Crippen molar-refractivity contribution in [3.63, 3.8) is 0 Å². The number of allylic oxidation sites excluding steroid dienone is 2. The highest BCUT2D eigenvalue weighted by Gasteiger charge is 2.11. The molecule has 0 fully saturated rings. The summed E-state index contributed by atoms with van der Waals surface area (Å²) < 4.78 is 15.7. The summed E-state index contributed by atoms with van der Waals surface area (Å²) in [7, 11) is 3.17. The summed E-state index contributed by atoms with van der Waals surface area (Å²) >= 11 is 0. The summed E-state index contributed by atoms with van der Waals surface area (Å²) in [5, 5.41) is 0. The van der Waals surface area contributed by atoms with E-state index in [0.717, 1.165) is 24.8 Å². The van der Waals surface area contributed by atoms with Gasteiger partial charge in [-0.3, -0.25) is 0 Å². The number of methoxy groups -OCH3 is 2. The molecule has 0 saturated heterocycles. The monoisotopic (exact) mass is 302 g/mol. The molecule has 0 bridgehead atoms. The van der Waals surface area contributed by atoms with E-state index in [1.807, 2.05) is 12.1 Å². The first-order valence-electron chi connectivity index (χ1n) is 7.44. The van der Waals surface area contributed by atoms with Crippen LogP contribution in [0.25, 0.3) is 6.08 Å². The molecule has 1 unspecified atom stereocenters. The van der Waals surface area contributed by atoms with Crippen LogP contribution in [0.3, 0.4) is 0 Å². The molecule has 118 valence electrons. The summed E-state index contributed by atoms with van der Waals surface area (Å²) in [5.74, 6) is 1.42. The predicted octanol–water partition coefficient (Wildman–Crippen LogP) is 3.62. The van der Waals surface area contributed by atoms with Crippen LogP contribution in [0, 0.1) is 5.92 Å². The Morgan fingerprint density at radius 2 is 2.05 bits per heavy atom. The van der Waals surface area contributed by atoms with E-state index in [4.69, 9.17) is 14.2 Å². The molecule has 1 aliphatic carbocycles. The van der Waals surface area contributed by atoms with E-state index in [-0.39, 0.29) is 5.97 Å². The van der Waals surface area contributed by atoms with Crippen LogP contribution in [0.4, 0.5) is 0 Å². The van der Waals surface area contributed by atoms with Gasteiger partial charge in [-0.25, -0.2) is 4.79 Å². The molecule has 0 radical (unpaired) electrons. The van der Waals surface area contributed by atoms with Crippen molar-refractivity contribution >= 4 is 12.0 Å². The number of carbonyl (C=O) groups excluding carboxylic acids is 1. The van der Waals surface area contributed by atoms with Crippen LogP contribution >= 0.6 is 0 Å². The molecule has 0 heterocycles. The minimum Gasteiger partial charge on any atom is -0.493 e. The smallest absolute Gasteiger partial charge is 0.330 e. The number of esters is 1. The maximum Gasteiger partial charge on any atom is 0.330 e. The normalized spacial score (nSPS) is 17.5. The zero-order chi connectivity index (χ0) is 15.8. The molecule has 1 atom stereocenters. The lowest BCUT2D eigenvalue weighted by Crippen LogP contribution is -2.13. The topological polar surface area (TPSA) is 44.8 Å². The third-order valence-corrected chi connectivity index (χ3v) is 3.66. The Morgan fingerprint density at radius 3 is 2.73 bits per heavy atom. The van der Waals surface area contributed by atoms with E-state index < -0.39 is 0 Å². The van der Waals surface area contributed by atoms with Crippen molar-refractivity contribution in [2.24, 2.45) is 5.92 Å². The Balaban J connectivity index is 1.87. The number of rotatable bonds is 6. The van der Waals surface area contributed by atoms with Crippen LogP contribution in [-0.4, -0.2) is 26.8 Å². The fraction of sp³-hybridized carbons (Fsp3) is 0.389. The summed E-state index contributed by atoms with van der Waals surface area (Å²) in [4.78, 5) is 11.8. The minimum absolute atomic E-state index is 0.315. The van der Waals surface area contributed by atoms with Crippen molar-refractivity contribution in [2.45, 2.75) is 19.3 Å². The van der Waals surface area contributed by atoms with Gasteiger partial charge in [-0.15, -0.1) is 0 Å². The fourth-order valence-electron chi connectivity index (χ4n) is 2.38. The first-order chi connectivity index (χ1) is 10.7. The van der Waals surface area contributed by atoms with Crippen molar-refractivity contribution in [2.75, 3.05) is 20.8 Å². The Morgan fingerprint density at radius 1 is 1.23 bits per heavy atom. The van der Waals surface area contributed by atoms with Gasteiger partial charge in [0, 0.05) is 6.08 Å². The van der Waals surface area contributed by atoms with Gasteiger partial charge >= 0.3 is 5.97 Å². The summed E-state index contributed by atoms with van der Waals surface area (Å²) in [6.07, 6.45) is 10.6. The lowest BCUT2D eigenvalue weighted by Gasteiger charge is -2.16. The molecular weight excluding hydrogens is 280 g/mol. The SMILES string of the molecule is COc1ccc(C=CC(=O)OCC2CC=CCC2)cc1OC. The molecule has 2 rings (SSSR count). The van der Waals surface area contributed by atoms with Gasteiger partial charge in [-0.05, 0) is 49.0 Å². The van der Waals surface area contributed by atoms with Gasteiger partial charge in [0.15, 0.2) is 11.5 Å². The van der Waals surface area contributed by atoms with Gasteiger partial charge < -0.3 is 14.2 Å². The van der Waals surface area contributed by atoms with Crippen LogP contribution in [0.15, 0.2) is 36.4 Å². The third kappa shape index (κ3) is 4.65. The molecule has 0 aromatic heterocycles. The number of hydrogen-bond donors (Lipinski definition) is 0. The average molecular weight is 302 g/mol. The predicted molar refractivity (Wildman–Crippen MR) is 86.0 cm³/mol. The van der Waals surface area contributed by atoms with E-state index in [1.54, 1.807) is 26.4 Å². The molecule has 0 aliphatic heterocycles. The Labute approximate surface area is 131 Å². The van der Waals surface area contributed by atoms with E-state index in [9.17, 15) is 4.79 Å². The molecule has 0 spiro atoms. The molecule has 4 heteroatoms. The van der Waals surface area contributed by atoms with E-state index >= 15 is 0 Å². The lowest BCUT2D eigenvalue weighted by atomic mass is 9.95. The molecule has 1 aliphatic rings. The molecule has 1 aromatic rings. The first kappa shape index (κ1) is 16.1. The van der Waals surface area contributed by atoms with Crippen LogP contribution in [0.1, 0.15) is 24.8 Å². The van der Waals surface area contributed by atoms with Gasteiger partial charge in [0.05, 0.1) is 20.8 Å². The maximum absolute atomic E-state index is 11.8. The molecular formula is C18H22O4. The van der Waals surface area contributed by atoms with Crippen LogP contribution in [-0.2, 0) is 9.53 Å². The molecule has 4 nitrogen and oxygen atoms in total. The van der Waals surface area contributed by atoms with E-state index in [2.05, 4.69) is 12.2 Å². The highest BCUT2D eigenvalue weighted by molar-refractivity contribution is 5.87. The van der Waals surface area contributed by atoms with Crippen LogP contribution < -0.4 is 9.47 Å². The van der Waals surface area contributed by atoms with Gasteiger partial charge in [-0.1, -0.05) is 18.2 Å². The number of ether oxygens (including phenoxy) is 3. The Hall–Kier alpha value is -2.23. The maximum atomic E-state index is 11.8. The van der Waals surface area contributed by atoms with Crippen LogP contribution in [0.2, 0.25) is 0 Å². The first-order valence-corrected chi connectivity index (χ1v) is 7.44. The summed E-state index contributed by atoms with van der Waals surface area (Å²) in [5.41, 5.74) is 0.857. The number of hydrogen-bond acceptors (Lipinski definition) is 4. The molecule has 0 amide bonds. The lowest BCUT2D eigenvalue weighted by molar-refractivity contribution is -0.139. The number of benzene rings is 1. The highest BCUT2D eigenvalue weighted by atomic mass is 16.5.